The van der Waals surface area contributed by atoms with E-state index in [1.807, 2.05) is 25.7 Å². The van der Waals surface area contributed by atoms with Crippen molar-refractivity contribution in [1.82, 2.24) is 15.0 Å². The lowest BCUT2D eigenvalue weighted by Crippen LogP contribution is -2.46. The minimum atomic E-state index is -1.29. The topological polar surface area (TPSA) is 118 Å². The number of nitrogens with one attached hydrogen (secondary N) is 2. The predicted octanol–water partition coefficient (Wildman–Crippen LogP) is 3.26. The van der Waals surface area contributed by atoms with Gasteiger partial charge >= 0.3 is 0 Å². The van der Waals surface area contributed by atoms with Crippen LogP contribution in [0.3, 0.4) is 0 Å². The Morgan fingerprint density at radius 2 is 2.03 bits per heavy atom. The molecule has 36 heavy (non-hydrogen) atoms. The van der Waals surface area contributed by atoms with Crippen molar-refractivity contribution >= 4 is 27.5 Å². The zero-order valence-electron chi connectivity index (χ0n) is 20.6. The lowest BCUT2D eigenvalue weighted by Gasteiger charge is -2.36. The molecule has 3 heterocycles. The van der Waals surface area contributed by atoms with Gasteiger partial charge in [0.15, 0.2) is 0 Å². The van der Waals surface area contributed by atoms with Gasteiger partial charge in [0.25, 0.3) is 11.5 Å². The van der Waals surface area contributed by atoms with Crippen LogP contribution in [0.1, 0.15) is 30.0 Å². The molecule has 1 aliphatic rings. The monoisotopic (exact) mass is 516 g/mol. The molecule has 2 N–H and O–H groups in total. The molecule has 2 amide bonds. The smallest absolute Gasteiger partial charge is 0.280 e. The number of hydrogen-bond acceptors (Lipinski definition) is 6. The summed E-state index contributed by atoms with van der Waals surface area (Å²) in [6, 6.07) is 8.21. The van der Waals surface area contributed by atoms with Gasteiger partial charge in [0.05, 0.1) is 18.7 Å². The van der Waals surface area contributed by atoms with Gasteiger partial charge in [-0.15, -0.1) is 0 Å². The highest BCUT2D eigenvalue weighted by Gasteiger charge is 2.37. The molecule has 11 heteroatoms. The van der Waals surface area contributed by atoms with Crippen molar-refractivity contribution < 1.29 is 23.2 Å². The molecule has 0 saturated heterocycles. The molecule has 192 valence electrons. The van der Waals surface area contributed by atoms with Gasteiger partial charge in [0.2, 0.25) is 11.8 Å². The molecule has 0 fully saturated rings. The molecule has 3 aromatic rings. The maximum absolute atomic E-state index is 14.8. The fourth-order valence-electron chi connectivity index (χ4n) is 4.19. The van der Waals surface area contributed by atoms with E-state index in [0.29, 0.717) is 40.7 Å². The number of H-pyrrole nitrogens is 1. The number of hydrogen-bond donors (Lipinski definition) is 2. The molecule has 1 aliphatic heterocycles. The molecular formula is C25H29FN4O5S. The number of fused-ring (bicyclic) bond motifs is 1. The minimum absolute atomic E-state index is 0.169. The Balaban J connectivity index is 1.65. The van der Waals surface area contributed by atoms with E-state index in [0.717, 1.165) is 0 Å². The average molecular weight is 517 g/mol. The van der Waals surface area contributed by atoms with Crippen molar-refractivity contribution in [1.29, 1.82) is 0 Å². The summed E-state index contributed by atoms with van der Waals surface area (Å²) in [4.78, 5) is 44.7. The molecule has 0 aliphatic carbocycles. The maximum atomic E-state index is 14.8. The highest BCUT2D eigenvalue weighted by Crippen LogP contribution is 2.47. The van der Waals surface area contributed by atoms with E-state index < -0.39 is 39.3 Å². The lowest BCUT2D eigenvalue weighted by atomic mass is 9.95. The molecule has 0 bridgehead atoms. The number of halogens is 1. The first kappa shape index (κ1) is 25.5. The van der Waals surface area contributed by atoms with E-state index in [-0.39, 0.29) is 18.7 Å². The standard InChI is InChI=1S/C25H29FN4O5S/c1-5-34-22-9-7-17-19(28-22)10-11-30(23(32)14-16-13-21(31)29-35-16)24(17)25(33)27-15-6-8-20(18(26)12-15)36(2,3)4/h6-9,12-13,24H,5,10-11,14H2,1-4H3,(H,27,33)(H,29,31)/t24-/m1/s1. The van der Waals surface area contributed by atoms with Crippen LogP contribution in [0.25, 0.3) is 0 Å². The molecule has 0 unspecified atom stereocenters. The first-order valence-electron chi connectivity index (χ1n) is 11.4. The third kappa shape index (κ3) is 5.46. The summed E-state index contributed by atoms with van der Waals surface area (Å²) < 4.78 is 25.3. The minimum Gasteiger partial charge on any atom is -0.478 e. The molecular weight excluding hydrogens is 487 g/mol. The predicted molar refractivity (Wildman–Crippen MR) is 135 cm³/mol. The summed E-state index contributed by atoms with van der Waals surface area (Å²) >= 11 is 0. The van der Waals surface area contributed by atoms with Crippen molar-refractivity contribution in [2.75, 3.05) is 37.2 Å². The van der Waals surface area contributed by atoms with Gasteiger partial charge in [-0.25, -0.2) is 19.4 Å². The number of amides is 2. The highest BCUT2D eigenvalue weighted by atomic mass is 32.3. The Morgan fingerprint density at radius 3 is 2.67 bits per heavy atom. The quantitative estimate of drug-likeness (QED) is 0.498. The number of pyridine rings is 1. The molecule has 2 aromatic heterocycles. The number of aromatic nitrogens is 2. The SMILES string of the molecule is CCOc1ccc2c(n1)CCN(C(=O)Cc1cc(=O)[nH]o1)[C@H]2C(=O)Nc1ccc(S(C)(C)C)c(F)c1. The van der Waals surface area contributed by atoms with Crippen LogP contribution in [0.2, 0.25) is 0 Å². The Labute approximate surface area is 209 Å². The summed E-state index contributed by atoms with van der Waals surface area (Å²) in [6.45, 7) is 2.52. The van der Waals surface area contributed by atoms with Gasteiger partial charge in [0.1, 0.15) is 17.6 Å². The summed E-state index contributed by atoms with van der Waals surface area (Å²) in [5.74, 6) is -0.678. The van der Waals surface area contributed by atoms with Gasteiger partial charge in [0, 0.05) is 41.2 Å². The van der Waals surface area contributed by atoms with E-state index in [9.17, 15) is 18.8 Å². The van der Waals surface area contributed by atoms with E-state index >= 15 is 0 Å². The zero-order chi connectivity index (χ0) is 26.0. The van der Waals surface area contributed by atoms with E-state index in [2.05, 4.69) is 15.5 Å². The Kier molecular flexibility index (Phi) is 7.21. The fourth-order valence-corrected chi connectivity index (χ4v) is 5.31. The van der Waals surface area contributed by atoms with Gasteiger partial charge in [-0.2, -0.15) is 5.16 Å². The third-order valence-electron chi connectivity index (χ3n) is 5.80. The molecule has 9 nitrogen and oxygen atoms in total. The van der Waals surface area contributed by atoms with Crippen LogP contribution in [0.15, 0.2) is 50.6 Å². The molecule has 0 spiro atoms. The van der Waals surface area contributed by atoms with Gasteiger partial charge in [-0.3, -0.25) is 14.4 Å². The largest absolute Gasteiger partial charge is 0.478 e. The second-order valence-electron chi connectivity index (χ2n) is 9.19. The zero-order valence-corrected chi connectivity index (χ0v) is 21.4. The molecule has 0 saturated carbocycles. The van der Waals surface area contributed by atoms with E-state index in [1.165, 1.54) is 17.0 Å². The van der Waals surface area contributed by atoms with Gasteiger partial charge in [-0.1, -0.05) is 0 Å². The number of benzene rings is 1. The van der Waals surface area contributed by atoms with Crippen LogP contribution < -0.4 is 15.6 Å². The summed E-state index contributed by atoms with van der Waals surface area (Å²) in [5.41, 5.74) is 1.05. The average Bonchev–Trinajstić information content (AvgIpc) is 3.21. The molecule has 4 rings (SSSR count). The number of carbonyl (C=O) groups excluding carboxylic acids is 2. The third-order valence-corrected chi connectivity index (χ3v) is 7.45. The number of rotatable bonds is 7. The van der Waals surface area contributed by atoms with E-state index in [4.69, 9.17) is 9.26 Å². The lowest BCUT2D eigenvalue weighted by molar-refractivity contribution is -0.139. The first-order chi connectivity index (χ1) is 17.1. The van der Waals surface area contributed by atoms with Crippen LogP contribution in [0, 0.1) is 5.82 Å². The maximum Gasteiger partial charge on any atom is 0.280 e. The van der Waals surface area contributed by atoms with Crippen LogP contribution in [0.5, 0.6) is 5.88 Å². The second kappa shape index (κ2) is 10.2. The summed E-state index contributed by atoms with van der Waals surface area (Å²) in [5, 5.41) is 4.92. The van der Waals surface area contributed by atoms with Gasteiger partial charge in [-0.05, 0) is 50.0 Å². The Morgan fingerprint density at radius 1 is 1.25 bits per heavy atom. The molecule has 1 atom stereocenters. The summed E-state index contributed by atoms with van der Waals surface area (Å²) in [7, 11) is -1.29. The van der Waals surface area contributed by atoms with Crippen molar-refractivity contribution in [3.05, 3.63) is 69.6 Å². The first-order valence-corrected chi connectivity index (χ1v) is 14.3. The Hall–Kier alpha value is -3.60. The highest BCUT2D eigenvalue weighted by molar-refractivity contribution is 8.32. The number of aromatic amines is 1. The second-order valence-corrected chi connectivity index (χ2v) is 13.3. The van der Waals surface area contributed by atoms with Crippen molar-refractivity contribution in [2.24, 2.45) is 0 Å². The van der Waals surface area contributed by atoms with Crippen molar-refractivity contribution in [2.45, 2.75) is 30.7 Å². The fraction of sp³-hybridized carbons (Fsp3) is 0.360. The van der Waals surface area contributed by atoms with Crippen LogP contribution in [0.4, 0.5) is 10.1 Å². The number of ether oxygens (including phenoxy) is 1. The van der Waals surface area contributed by atoms with Crippen molar-refractivity contribution in [3.8, 4) is 5.88 Å². The van der Waals surface area contributed by atoms with Gasteiger partial charge < -0.3 is 19.5 Å². The normalized spacial score (nSPS) is 15.8. The van der Waals surface area contributed by atoms with Crippen LogP contribution >= 0.6 is 10.0 Å². The number of anilines is 1. The van der Waals surface area contributed by atoms with Crippen LogP contribution in [-0.4, -0.2) is 58.8 Å². The molecule has 1 aromatic carbocycles. The van der Waals surface area contributed by atoms with E-state index in [1.54, 1.807) is 24.3 Å². The Bertz CT molecular complexity index is 1350. The number of nitrogens with zero attached hydrogens (tertiary/aromatic N) is 2. The van der Waals surface area contributed by atoms with Crippen molar-refractivity contribution in [3.63, 3.8) is 0 Å². The number of carbonyl (C=O) groups is 2. The summed E-state index contributed by atoms with van der Waals surface area (Å²) in [6.07, 6.45) is 6.19. The van der Waals surface area contributed by atoms with Crippen LogP contribution in [-0.2, 0) is 22.4 Å². The molecule has 0 radical (unpaired) electrons.